The second kappa shape index (κ2) is 11.4. The second-order valence-electron chi connectivity index (χ2n) is 8.03. The predicted octanol–water partition coefficient (Wildman–Crippen LogP) is 4.09. The van der Waals surface area contributed by atoms with E-state index in [-0.39, 0.29) is 30.1 Å². The van der Waals surface area contributed by atoms with Crippen LogP contribution in [0.1, 0.15) is 61.7 Å². The number of hydrogen-bond acceptors (Lipinski definition) is 3. The van der Waals surface area contributed by atoms with Gasteiger partial charge in [0.05, 0.1) is 0 Å². The fraction of sp³-hybridized carbons (Fsp3) is 0.636. The molecule has 2 aliphatic rings. The molecule has 6 heteroatoms. The quantitative estimate of drug-likeness (QED) is 0.746. The van der Waals surface area contributed by atoms with Gasteiger partial charge in [-0.2, -0.15) is 0 Å². The van der Waals surface area contributed by atoms with E-state index in [0.717, 1.165) is 63.8 Å². The van der Waals surface area contributed by atoms with Crippen LogP contribution in [0.15, 0.2) is 24.3 Å². The molecule has 1 saturated carbocycles. The van der Waals surface area contributed by atoms with Gasteiger partial charge < -0.3 is 15.5 Å². The highest BCUT2D eigenvalue weighted by atomic mass is 35.5. The number of piperidine rings is 1. The molecule has 1 aliphatic carbocycles. The Hall–Kier alpha value is -1.59. The Labute approximate surface area is 175 Å². The first-order valence-corrected chi connectivity index (χ1v) is 10.5. The Morgan fingerprint density at radius 3 is 2.46 bits per heavy atom. The van der Waals surface area contributed by atoms with E-state index in [9.17, 15) is 9.59 Å². The maximum atomic E-state index is 12.9. The highest BCUT2D eigenvalue weighted by molar-refractivity contribution is 5.97. The van der Waals surface area contributed by atoms with Crippen LogP contribution in [0.4, 0.5) is 5.69 Å². The zero-order valence-electron chi connectivity index (χ0n) is 16.9. The number of nitrogens with one attached hydrogen (secondary N) is 2. The molecule has 2 N–H and O–H groups in total. The topological polar surface area (TPSA) is 61.4 Å². The molecule has 0 spiro atoms. The molecule has 156 valence electrons. The van der Waals surface area contributed by atoms with Crippen LogP contribution in [0, 0.1) is 11.8 Å². The molecule has 2 fully saturated rings. The zero-order chi connectivity index (χ0) is 19.1. The molecule has 0 radical (unpaired) electrons. The Kier molecular flexibility index (Phi) is 9.26. The third kappa shape index (κ3) is 6.21. The van der Waals surface area contributed by atoms with Gasteiger partial charge in [-0.15, -0.1) is 12.4 Å². The fourth-order valence-electron chi connectivity index (χ4n) is 4.29. The monoisotopic (exact) mass is 407 g/mol. The summed E-state index contributed by atoms with van der Waals surface area (Å²) in [6.45, 7) is 2.69. The molecular weight excluding hydrogens is 374 g/mol. The number of benzene rings is 1. The van der Waals surface area contributed by atoms with E-state index in [0.29, 0.717) is 11.5 Å². The normalized spacial score (nSPS) is 18.4. The van der Waals surface area contributed by atoms with Gasteiger partial charge in [0.25, 0.3) is 5.91 Å². The van der Waals surface area contributed by atoms with Crippen molar-refractivity contribution in [3.63, 3.8) is 0 Å². The minimum Gasteiger partial charge on any atom is -0.339 e. The molecule has 0 aromatic heterocycles. The number of amides is 2. The zero-order valence-corrected chi connectivity index (χ0v) is 17.7. The summed E-state index contributed by atoms with van der Waals surface area (Å²) in [5, 5.41) is 6.23. The van der Waals surface area contributed by atoms with Gasteiger partial charge in [-0.1, -0.05) is 25.3 Å². The lowest BCUT2D eigenvalue weighted by Crippen LogP contribution is -2.39. The van der Waals surface area contributed by atoms with Crippen LogP contribution in [0.5, 0.6) is 0 Å². The third-order valence-corrected chi connectivity index (χ3v) is 6.06. The van der Waals surface area contributed by atoms with Crippen LogP contribution in [0.3, 0.4) is 0 Å². The molecular formula is C22H34ClN3O2. The number of nitrogens with zero attached hydrogens (tertiary/aromatic N) is 1. The van der Waals surface area contributed by atoms with Gasteiger partial charge >= 0.3 is 0 Å². The van der Waals surface area contributed by atoms with Crippen molar-refractivity contribution >= 4 is 29.9 Å². The molecule has 1 aromatic rings. The molecule has 0 unspecified atom stereocenters. The lowest BCUT2D eigenvalue weighted by molar-refractivity contribution is -0.120. The summed E-state index contributed by atoms with van der Waals surface area (Å²) in [6, 6.07) is 7.42. The SMILES string of the molecule is CNCCC1CCN(C(=O)c2cccc(NC(=O)C3CCCCC3)c2)CC1.Cl. The van der Waals surface area contributed by atoms with Crippen molar-refractivity contribution in [2.75, 3.05) is 32.0 Å². The highest BCUT2D eigenvalue weighted by Crippen LogP contribution is 2.26. The van der Waals surface area contributed by atoms with Crippen molar-refractivity contribution in [2.45, 2.75) is 51.4 Å². The molecule has 1 saturated heterocycles. The molecule has 5 nitrogen and oxygen atoms in total. The summed E-state index contributed by atoms with van der Waals surface area (Å²) < 4.78 is 0. The van der Waals surface area contributed by atoms with Crippen LogP contribution >= 0.6 is 12.4 Å². The van der Waals surface area contributed by atoms with Gasteiger partial charge in [0.15, 0.2) is 0 Å². The molecule has 3 rings (SSSR count). The van der Waals surface area contributed by atoms with Crippen LogP contribution in [-0.4, -0.2) is 43.4 Å². The Balaban J connectivity index is 0.00000280. The van der Waals surface area contributed by atoms with Crippen molar-refractivity contribution in [3.8, 4) is 0 Å². The summed E-state index contributed by atoms with van der Waals surface area (Å²) in [5.74, 6) is 1.01. The van der Waals surface area contributed by atoms with Gasteiger partial charge in [0.2, 0.25) is 5.91 Å². The number of carbonyl (C=O) groups is 2. The number of rotatable bonds is 6. The summed E-state index contributed by atoms with van der Waals surface area (Å²) >= 11 is 0. The molecule has 1 aliphatic heterocycles. The van der Waals surface area contributed by atoms with Crippen molar-refractivity contribution in [1.82, 2.24) is 10.2 Å². The smallest absolute Gasteiger partial charge is 0.253 e. The minimum atomic E-state index is 0. The van der Waals surface area contributed by atoms with E-state index < -0.39 is 0 Å². The van der Waals surface area contributed by atoms with Gasteiger partial charge in [-0.25, -0.2) is 0 Å². The standard InChI is InChI=1S/C22H33N3O2.ClH/c1-23-13-10-17-11-14-25(15-12-17)22(27)19-8-5-9-20(16-19)24-21(26)18-6-3-2-4-7-18;/h5,8-9,16-18,23H,2-4,6-7,10-15H2,1H3,(H,24,26);1H. The van der Waals surface area contributed by atoms with Gasteiger partial charge in [-0.05, 0) is 69.8 Å². The van der Waals surface area contributed by atoms with Crippen LogP contribution in [-0.2, 0) is 4.79 Å². The van der Waals surface area contributed by atoms with Crippen molar-refractivity contribution < 1.29 is 9.59 Å². The third-order valence-electron chi connectivity index (χ3n) is 6.06. The summed E-state index contributed by atoms with van der Waals surface area (Å²) in [4.78, 5) is 27.3. The second-order valence-corrected chi connectivity index (χ2v) is 8.03. The molecule has 2 amide bonds. The van der Waals surface area contributed by atoms with Gasteiger partial charge in [-0.3, -0.25) is 9.59 Å². The lowest BCUT2D eigenvalue weighted by atomic mass is 9.88. The number of hydrogen-bond donors (Lipinski definition) is 2. The van der Waals surface area contributed by atoms with Crippen LogP contribution in [0.25, 0.3) is 0 Å². The van der Waals surface area contributed by atoms with E-state index in [1.54, 1.807) is 0 Å². The highest BCUT2D eigenvalue weighted by Gasteiger charge is 2.24. The first-order chi connectivity index (χ1) is 13.2. The van der Waals surface area contributed by atoms with E-state index in [1.165, 1.54) is 12.8 Å². The predicted molar refractivity (Wildman–Crippen MR) is 116 cm³/mol. The molecule has 1 aromatic carbocycles. The van der Waals surface area contributed by atoms with E-state index in [2.05, 4.69) is 10.6 Å². The van der Waals surface area contributed by atoms with Crippen LogP contribution in [0.2, 0.25) is 0 Å². The maximum Gasteiger partial charge on any atom is 0.253 e. The minimum absolute atomic E-state index is 0. The number of halogens is 1. The summed E-state index contributed by atoms with van der Waals surface area (Å²) in [7, 11) is 1.98. The average molecular weight is 408 g/mol. The lowest BCUT2D eigenvalue weighted by Gasteiger charge is -2.32. The van der Waals surface area contributed by atoms with E-state index in [4.69, 9.17) is 0 Å². The summed E-state index contributed by atoms with van der Waals surface area (Å²) in [5.41, 5.74) is 1.41. The molecule has 28 heavy (non-hydrogen) atoms. The number of anilines is 1. The van der Waals surface area contributed by atoms with E-state index in [1.807, 2.05) is 36.2 Å². The molecule has 1 heterocycles. The Morgan fingerprint density at radius 1 is 1.07 bits per heavy atom. The van der Waals surface area contributed by atoms with E-state index >= 15 is 0 Å². The Morgan fingerprint density at radius 2 is 1.79 bits per heavy atom. The fourth-order valence-corrected chi connectivity index (χ4v) is 4.29. The first kappa shape index (κ1) is 22.7. The molecule has 0 bridgehead atoms. The van der Waals surface area contributed by atoms with Crippen molar-refractivity contribution in [1.29, 1.82) is 0 Å². The molecule has 0 atom stereocenters. The first-order valence-electron chi connectivity index (χ1n) is 10.5. The number of likely N-dealkylation sites (tertiary alicyclic amines) is 1. The van der Waals surface area contributed by atoms with Crippen LogP contribution < -0.4 is 10.6 Å². The largest absolute Gasteiger partial charge is 0.339 e. The van der Waals surface area contributed by atoms with Crippen molar-refractivity contribution in [2.24, 2.45) is 11.8 Å². The maximum absolute atomic E-state index is 12.9. The van der Waals surface area contributed by atoms with Crippen molar-refractivity contribution in [3.05, 3.63) is 29.8 Å². The Bertz CT molecular complexity index is 638. The van der Waals surface area contributed by atoms with Gasteiger partial charge in [0, 0.05) is 30.3 Å². The van der Waals surface area contributed by atoms with Gasteiger partial charge in [0.1, 0.15) is 0 Å². The number of carbonyl (C=O) groups excluding carboxylic acids is 2. The average Bonchev–Trinajstić information content (AvgIpc) is 2.73. The summed E-state index contributed by atoms with van der Waals surface area (Å²) in [6.07, 6.45) is 8.80.